The van der Waals surface area contributed by atoms with Crippen LogP contribution >= 0.6 is 0 Å². The molecule has 0 saturated carbocycles. The van der Waals surface area contributed by atoms with Gasteiger partial charge < -0.3 is 9.31 Å². The average Bonchev–Trinajstić information content (AvgIpc) is 2.57. The van der Waals surface area contributed by atoms with E-state index in [9.17, 15) is 10.1 Å². The van der Waals surface area contributed by atoms with Crippen LogP contribution in [0.25, 0.3) is 0 Å². The van der Waals surface area contributed by atoms with E-state index < -0.39 is 18.3 Å². The van der Waals surface area contributed by atoms with Crippen LogP contribution in [-0.4, -0.2) is 23.2 Å². The Morgan fingerprint density at radius 2 is 1.75 bits per heavy atom. The first kappa shape index (κ1) is 15.0. The molecule has 5 nitrogen and oxygen atoms in total. The molecule has 1 aliphatic rings. The minimum atomic E-state index is -0.480. The summed E-state index contributed by atoms with van der Waals surface area (Å²) in [5, 5.41) is 11.0. The Morgan fingerprint density at radius 1 is 1.20 bits per heavy atom. The van der Waals surface area contributed by atoms with Crippen LogP contribution in [-0.2, 0) is 15.7 Å². The van der Waals surface area contributed by atoms with Gasteiger partial charge in [-0.2, -0.15) is 0 Å². The lowest BCUT2D eigenvalue weighted by atomic mass is 9.78. The fourth-order valence-electron chi connectivity index (χ4n) is 2.19. The molecular weight excluding hydrogens is 257 g/mol. The molecule has 0 radical (unpaired) electrons. The molecule has 1 saturated heterocycles. The molecule has 1 aliphatic heterocycles. The third-order valence-corrected chi connectivity index (χ3v) is 4.21. The number of nitro benzene ring substituents is 1. The Hall–Kier alpha value is -1.40. The van der Waals surface area contributed by atoms with Crippen molar-refractivity contribution in [1.29, 1.82) is 0 Å². The maximum Gasteiger partial charge on any atom is 0.494 e. The van der Waals surface area contributed by atoms with E-state index in [0.29, 0.717) is 12.0 Å². The van der Waals surface area contributed by atoms with Crippen LogP contribution in [0.5, 0.6) is 0 Å². The van der Waals surface area contributed by atoms with Gasteiger partial charge in [-0.3, -0.25) is 10.1 Å². The summed E-state index contributed by atoms with van der Waals surface area (Å²) in [4.78, 5) is 10.6. The van der Waals surface area contributed by atoms with E-state index in [4.69, 9.17) is 9.31 Å². The first-order valence-corrected chi connectivity index (χ1v) is 6.81. The Kier molecular flexibility index (Phi) is 3.65. The van der Waals surface area contributed by atoms with E-state index in [1.54, 1.807) is 12.1 Å². The summed E-state index contributed by atoms with van der Waals surface area (Å²) in [7, 11) is -0.480. The second kappa shape index (κ2) is 4.86. The van der Waals surface area contributed by atoms with E-state index in [-0.39, 0.29) is 10.6 Å². The first-order valence-electron chi connectivity index (χ1n) is 6.81. The highest BCUT2D eigenvalue weighted by Crippen LogP contribution is 2.36. The van der Waals surface area contributed by atoms with Crippen molar-refractivity contribution in [2.45, 2.75) is 52.2 Å². The van der Waals surface area contributed by atoms with Gasteiger partial charge in [0.2, 0.25) is 0 Å². The molecule has 2 rings (SSSR count). The average molecular weight is 277 g/mol. The Balaban J connectivity index is 2.34. The van der Waals surface area contributed by atoms with Crippen LogP contribution in [0.1, 0.15) is 40.2 Å². The third-order valence-electron chi connectivity index (χ3n) is 4.21. The van der Waals surface area contributed by atoms with Crippen molar-refractivity contribution in [2.24, 2.45) is 0 Å². The molecule has 0 unspecified atom stereocenters. The van der Waals surface area contributed by atoms with Crippen LogP contribution in [0, 0.1) is 10.1 Å². The third kappa shape index (κ3) is 2.45. The predicted octanol–water partition coefficient (Wildman–Crippen LogP) is 2.46. The van der Waals surface area contributed by atoms with E-state index in [0.717, 1.165) is 5.46 Å². The summed E-state index contributed by atoms with van der Waals surface area (Å²) in [5.74, 6) is 0. The fraction of sp³-hybridized carbons (Fsp3) is 0.571. The van der Waals surface area contributed by atoms with Gasteiger partial charge in [0.05, 0.1) is 16.1 Å². The Bertz CT molecular complexity index is 526. The molecule has 0 bridgehead atoms. The molecule has 0 aromatic heterocycles. The van der Waals surface area contributed by atoms with Crippen LogP contribution in [0.4, 0.5) is 5.69 Å². The van der Waals surface area contributed by atoms with Gasteiger partial charge in [-0.25, -0.2) is 0 Å². The summed E-state index contributed by atoms with van der Waals surface area (Å²) in [6.45, 7) is 9.84. The van der Waals surface area contributed by atoms with E-state index in [1.165, 1.54) is 6.07 Å². The number of hydrogen-bond donors (Lipinski definition) is 0. The summed E-state index contributed by atoms with van der Waals surface area (Å²) in [6, 6.07) is 5.04. The van der Waals surface area contributed by atoms with Crippen LogP contribution in [0.3, 0.4) is 0 Å². The number of hydrogen-bond acceptors (Lipinski definition) is 4. The zero-order valence-corrected chi connectivity index (χ0v) is 12.6. The van der Waals surface area contributed by atoms with Crippen molar-refractivity contribution in [3.8, 4) is 0 Å². The highest BCUT2D eigenvalue weighted by Gasteiger charge is 2.51. The van der Waals surface area contributed by atoms with Gasteiger partial charge in [0, 0.05) is 11.6 Å². The lowest BCUT2D eigenvalue weighted by Crippen LogP contribution is -2.41. The fourth-order valence-corrected chi connectivity index (χ4v) is 2.19. The summed E-state index contributed by atoms with van der Waals surface area (Å²) >= 11 is 0. The van der Waals surface area contributed by atoms with Crippen molar-refractivity contribution in [3.05, 3.63) is 33.9 Å². The second-order valence-corrected chi connectivity index (χ2v) is 6.09. The molecule has 1 aromatic carbocycles. The summed E-state index contributed by atoms with van der Waals surface area (Å²) < 4.78 is 11.9. The second-order valence-electron chi connectivity index (χ2n) is 6.09. The van der Waals surface area contributed by atoms with Crippen molar-refractivity contribution in [3.63, 3.8) is 0 Å². The topological polar surface area (TPSA) is 61.6 Å². The molecular formula is C14H20BNO4. The molecule has 0 spiro atoms. The standard InChI is InChI=1S/C14H20BNO4/c1-6-10-9-11(7-8-12(10)16(17)18)15-19-13(2,3)14(4,5)20-15/h7-9H,6H2,1-5H3. The maximum absolute atomic E-state index is 11.0. The highest BCUT2D eigenvalue weighted by atomic mass is 16.7. The van der Waals surface area contributed by atoms with E-state index in [1.807, 2.05) is 34.6 Å². The minimum Gasteiger partial charge on any atom is -0.399 e. The predicted molar refractivity (Wildman–Crippen MR) is 78.2 cm³/mol. The molecule has 0 amide bonds. The van der Waals surface area contributed by atoms with Gasteiger partial charge >= 0.3 is 7.12 Å². The van der Waals surface area contributed by atoms with Gasteiger partial charge in [0.1, 0.15) is 0 Å². The molecule has 20 heavy (non-hydrogen) atoms. The number of nitro groups is 1. The van der Waals surface area contributed by atoms with E-state index in [2.05, 4.69) is 0 Å². The number of benzene rings is 1. The molecule has 108 valence electrons. The molecule has 1 fully saturated rings. The molecule has 0 aliphatic carbocycles. The van der Waals surface area contributed by atoms with Crippen molar-refractivity contribution in [1.82, 2.24) is 0 Å². The van der Waals surface area contributed by atoms with Crippen LogP contribution < -0.4 is 5.46 Å². The van der Waals surface area contributed by atoms with Gasteiger partial charge in [0.15, 0.2) is 0 Å². The molecule has 6 heteroatoms. The van der Waals surface area contributed by atoms with Gasteiger partial charge in [0.25, 0.3) is 5.69 Å². The van der Waals surface area contributed by atoms with Crippen molar-refractivity contribution in [2.75, 3.05) is 0 Å². The number of nitrogens with zero attached hydrogens (tertiary/aromatic N) is 1. The summed E-state index contributed by atoms with van der Waals surface area (Å²) in [5.41, 5.74) is 0.846. The first-order chi connectivity index (χ1) is 9.18. The van der Waals surface area contributed by atoms with Gasteiger partial charge in [-0.15, -0.1) is 0 Å². The SMILES string of the molecule is CCc1cc(B2OC(C)(C)C(C)(C)O2)ccc1[N+](=O)[O-]. The van der Waals surface area contributed by atoms with Gasteiger partial charge in [-0.05, 0) is 39.6 Å². The largest absolute Gasteiger partial charge is 0.494 e. The molecule has 0 atom stereocenters. The van der Waals surface area contributed by atoms with E-state index >= 15 is 0 Å². The van der Waals surface area contributed by atoms with Gasteiger partial charge in [-0.1, -0.05) is 19.1 Å². The number of aryl methyl sites for hydroxylation is 1. The molecule has 1 aromatic rings. The van der Waals surface area contributed by atoms with Crippen molar-refractivity contribution < 1.29 is 14.2 Å². The van der Waals surface area contributed by atoms with Crippen LogP contribution in [0.2, 0.25) is 0 Å². The zero-order chi connectivity index (χ0) is 15.1. The smallest absolute Gasteiger partial charge is 0.399 e. The minimum absolute atomic E-state index is 0.146. The maximum atomic E-state index is 11.0. The zero-order valence-electron chi connectivity index (χ0n) is 12.6. The lowest BCUT2D eigenvalue weighted by molar-refractivity contribution is -0.385. The lowest BCUT2D eigenvalue weighted by Gasteiger charge is -2.32. The molecule has 0 N–H and O–H groups in total. The molecule has 1 heterocycles. The Morgan fingerprint density at radius 3 is 2.20 bits per heavy atom. The summed E-state index contributed by atoms with van der Waals surface area (Å²) in [6.07, 6.45) is 0.601. The monoisotopic (exact) mass is 277 g/mol. The van der Waals surface area contributed by atoms with Crippen LogP contribution in [0.15, 0.2) is 18.2 Å². The number of rotatable bonds is 3. The highest BCUT2D eigenvalue weighted by molar-refractivity contribution is 6.62. The van der Waals surface area contributed by atoms with Crippen molar-refractivity contribution >= 4 is 18.3 Å². The quantitative estimate of drug-likeness (QED) is 0.483. The normalized spacial score (nSPS) is 20.1. The Labute approximate surface area is 119 Å².